The number of nitrogens with two attached hydrogens (primary N) is 1. The van der Waals surface area contributed by atoms with Crippen LogP contribution in [0, 0.1) is 5.82 Å². The van der Waals surface area contributed by atoms with Crippen LogP contribution in [0.3, 0.4) is 0 Å². The fourth-order valence-electron chi connectivity index (χ4n) is 1.44. The highest BCUT2D eigenvalue weighted by Crippen LogP contribution is 2.10. The second-order valence-corrected chi connectivity index (χ2v) is 4.19. The van der Waals surface area contributed by atoms with Crippen LogP contribution in [0.4, 0.5) is 10.1 Å². The van der Waals surface area contributed by atoms with Gasteiger partial charge in [0.05, 0.1) is 0 Å². The number of carbonyl (C=O) groups excluding carboxylic acids is 1. The number of benzene rings is 1. The molecular formula is C12H18FN3O. The highest BCUT2D eigenvalue weighted by Gasteiger charge is 2.07. The van der Waals surface area contributed by atoms with E-state index in [1.807, 2.05) is 19.0 Å². The van der Waals surface area contributed by atoms with Crippen molar-refractivity contribution in [2.75, 3.05) is 32.9 Å². The summed E-state index contributed by atoms with van der Waals surface area (Å²) in [5.41, 5.74) is 5.98. The molecule has 1 amide bonds. The third kappa shape index (κ3) is 4.82. The number of rotatable bonds is 5. The number of hydrogen-bond acceptors (Lipinski definition) is 3. The van der Waals surface area contributed by atoms with Crippen molar-refractivity contribution in [3.63, 3.8) is 0 Å². The fourth-order valence-corrected chi connectivity index (χ4v) is 1.44. The van der Waals surface area contributed by atoms with Crippen molar-refractivity contribution in [2.24, 2.45) is 0 Å². The summed E-state index contributed by atoms with van der Waals surface area (Å²) in [4.78, 5) is 13.7. The van der Waals surface area contributed by atoms with Gasteiger partial charge in [-0.1, -0.05) is 0 Å². The molecule has 94 valence electrons. The molecule has 1 aromatic rings. The molecule has 1 rings (SSSR count). The monoisotopic (exact) mass is 239 g/mol. The maximum absolute atomic E-state index is 13.0. The third-order valence-electron chi connectivity index (χ3n) is 2.25. The Morgan fingerprint density at radius 1 is 1.41 bits per heavy atom. The lowest BCUT2D eigenvalue weighted by molar-refractivity contribution is 0.0952. The average molecular weight is 239 g/mol. The normalized spacial score (nSPS) is 10.6. The van der Waals surface area contributed by atoms with Crippen LogP contribution < -0.4 is 11.1 Å². The highest BCUT2D eigenvalue weighted by molar-refractivity contribution is 5.95. The Morgan fingerprint density at radius 2 is 2.12 bits per heavy atom. The van der Waals surface area contributed by atoms with Gasteiger partial charge in [0, 0.05) is 17.8 Å². The standard InChI is InChI=1S/C12H18FN3O/c1-16(2)5-3-4-15-12(17)9-6-10(13)8-11(14)7-9/h6-8H,3-5,14H2,1-2H3,(H,15,17). The molecule has 17 heavy (non-hydrogen) atoms. The summed E-state index contributed by atoms with van der Waals surface area (Å²) in [6.45, 7) is 1.46. The van der Waals surface area contributed by atoms with Gasteiger partial charge < -0.3 is 16.0 Å². The average Bonchev–Trinajstić information content (AvgIpc) is 2.22. The van der Waals surface area contributed by atoms with Crippen LogP contribution in [-0.4, -0.2) is 38.0 Å². The largest absolute Gasteiger partial charge is 0.399 e. The Morgan fingerprint density at radius 3 is 2.71 bits per heavy atom. The number of nitrogen functional groups attached to an aromatic ring is 1. The number of amides is 1. The lowest BCUT2D eigenvalue weighted by Crippen LogP contribution is -2.27. The first-order valence-corrected chi connectivity index (χ1v) is 5.48. The van der Waals surface area contributed by atoms with Crippen LogP contribution in [0.5, 0.6) is 0 Å². The van der Waals surface area contributed by atoms with Gasteiger partial charge >= 0.3 is 0 Å². The molecule has 0 aliphatic rings. The van der Waals surface area contributed by atoms with Crippen molar-refractivity contribution in [1.82, 2.24) is 10.2 Å². The molecule has 0 saturated carbocycles. The minimum atomic E-state index is -0.497. The van der Waals surface area contributed by atoms with Crippen molar-refractivity contribution < 1.29 is 9.18 Å². The second-order valence-electron chi connectivity index (χ2n) is 4.19. The van der Waals surface area contributed by atoms with Gasteiger partial charge in [0.15, 0.2) is 0 Å². The molecule has 0 aromatic heterocycles. The predicted octanol–water partition coefficient (Wildman–Crippen LogP) is 1.09. The topological polar surface area (TPSA) is 58.4 Å². The van der Waals surface area contributed by atoms with E-state index in [4.69, 9.17) is 5.73 Å². The zero-order valence-corrected chi connectivity index (χ0v) is 10.2. The molecule has 0 bridgehead atoms. The molecule has 3 N–H and O–H groups in total. The molecule has 0 fully saturated rings. The number of carbonyl (C=O) groups is 1. The molecule has 0 spiro atoms. The molecule has 5 heteroatoms. The first-order valence-electron chi connectivity index (χ1n) is 5.48. The second kappa shape index (κ2) is 6.20. The van der Waals surface area contributed by atoms with Crippen LogP contribution in [-0.2, 0) is 0 Å². The van der Waals surface area contributed by atoms with Crippen LogP contribution in [0.25, 0.3) is 0 Å². The molecule has 0 radical (unpaired) electrons. The van der Waals surface area contributed by atoms with Crippen molar-refractivity contribution in [3.8, 4) is 0 Å². The first kappa shape index (κ1) is 13.4. The molecular weight excluding hydrogens is 221 g/mol. The van der Waals surface area contributed by atoms with E-state index in [-0.39, 0.29) is 17.2 Å². The molecule has 0 heterocycles. The predicted molar refractivity (Wildman–Crippen MR) is 66.3 cm³/mol. The van der Waals surface area contributed by atoms with E-state index in [0.29, 0.717) is 6.54 Å². The number of halogens is 1. The van der Waals surface area contributed by atoms with E-state index in [9.17, 15) is 9.18 Å². The summed E-state index contributed by atoms with van der Waals surface area (Å²) in [5.74, 6) is -0.793. The molecule has 0 saturated heterocycles. The van der Waals surface area contributed by atoms with Crippen molar-refractivity contribution in [1.29, 1.82) is 0 Å². The van der Waals surface area contributed by atoms with Gasteiger partial charge in [0.2, 0.25) is 0 Å². The van der Waals surface area contributed by atoms with E-state index in [2.05, 4.69) is 5.32 Å². The van der Waals surface area contributed by atoms with E-state index in [0.717, 1.165) is 13.0 Å². The van der Waals surface area contributed by atoms with E-state index >= 15 is 0 Å². The van der Waals surface area contributed by atoms with E-state index in [1.165, 1.54) is 18.2 Å². The summed E-state index contributed by atoms with van der Waals surface area (Å²) in [6.07, 6.45) is 0.851. The maximum atomic E-state index is 13.0. The fraction of sp³-hybridized carbons (Fsp3) is 0.417. The maximum Gasteiger partial charge on any atom is 0.251 e. The smallest absolute Gasteiger partial charge is 0.251 e. The van der Waals surface area contributed by atoms with Gasteiger partial charge in [-0.3, -0.25) is 4.79 Å². The van der Waals surface area contributed by atoms with Crippen molar-refractivity contribution in [2.45, 2.75) is 6.42 Å². The molecule has 0 aliphatic carbocycles. The number of nitrogens with one attached hydrogen (secondary N) is 1. The minimum Gasteiger partial charge on any atom is -0.399 e. The summed E-state index contributed by atoms with van der Waals surface area (Å²) >= 11 is 0. The first-order chi connectivity index (χ1) is 7.99. The van der Waals surface area contributed by atoms with Crippen molar-refractivity contribution in [3.05, 3.63) is 29.6 Å². The summed E-state index contributed by atoms with van der Waals surface area (Å²) < 4.78 is 13.0. The summed E-state index contributed by atoms with van der Waals surface area (Å²) in [5, 5.41) is 2.72. The Kier molecular flexibility index (Phi) is 4.90. The van der Waals surface area contributed by atoms with Crippen LogP contribution in [0.1, 0.15) is 16.8 Å². The Labute approximate surface area is 101 Å². The Hall–Kier alpha value is -1.62. The van der Waals surface area contributed by atoms with Gasteiger partial charge in [-0.2, -0.15) is 0 Å². The minimum absolute atomic E-state index is 0.253. The zero-order valence-electron chi connectivity index (χ0n) is 10.2. The van der Waals surface area contributed by atoms with Crippen LogP contribution in [0.2, 0.25) is 0 Å². The number of anilines is 1. The highest BCUT2D eigenvalue weighted by atomic mass is 19.1. The zero-order chi connectivity index (χ0) is 12.8. The van der Waals surface area contributed by atoms with Crippen LogP contribution in [0.15, 0.2) is 18.2 Å². The molecule has 0 atom stereocenters. The lowest BCUT2D eigenvalue weighted by Gasteiger charge is -2.10. The summed E-state index contributed by atoms with van der Waals surface area (Å²) in [7, 11) is 3.93. The van der Waals surface area contributed by atoms with Crippen molar-refractivity contribution >= 4 is 11.6 Å². The molecule has 0 unspecified atom stereocenters. The van der Waals surface area contributed by atoms with Gasteiger partial charge in [-0.25, -0.2) is 4.39 Å². The van der Waals surface area contributed by atoms with E-state index in [1.54, 1.807) is 0 Å². The van der Waals surface area contributed by atoms with Gasteiger partial charge in [0.1, 0.15) is 5.82 Å². The Balaban J connectivity index is 2.47. The third-order valence-corrected chi connectivity index (χ3v) is 2.25. The van der Waals surface area contributed by atoms with E-state index < -0.39 is 5.82 Å². The van der Waals surface area contributed by atoms with Gasteiger partial charge in [-0.05, 0) is 45.3 Å². The number of hydrogen-bond donors (Lipinski definition) is 2. The molecule has 0 aliphatic heterocycles. The quantitative estimate of drug-likeness (QED) is 0.597. The molecule has 1 aromatic carbocycles. The van der Waals surface area contributed by atoms with Crippen LogP contribution >= 0.6 is 0 Å². The SMILES string of the molecule is CN(C)CCCNC(=O)c1cc(N)cc(F)c1. The van der Waals surface area contributed by atoms with Gasteiger partial charge in [0.25, 0.3) is 5.91 Å². The lowest BCUT2D eigenvalue weighted by atomic mass is 10.2. The van der Waals surface area contributed by atoms with Gasteiger partial charge in [-0.15, -0.1) is 0 Å². The molecule has 4 nitrogen and oxygen atoms in total. The summed E-state index contributed by atoms with van der Waals surface area (Å²) in [6, 6.07) is 3.82. The number of nitrogens with zero attached hydrogens (tertiary/aromatic N) is 1. The Bertz CT molecular complexity index is 373.